The molecule has 1 aromatic carbocycles. The Hall–Kier alpha value is -1.75. The van der Waals surface area contributed by atoms with Crippen molar-refractivity contribution in [2.24, 2.45) is 0 Å². The van der Waals surface area contributed by atoms with E-state index in [-0.39, 0.29) is 6.04 Å². The third kappa shape index (κ3) is 2.41. The van der Waals surface area contributed by atoms with E-state index in [1.807, 2.05) is 6.92 Å². The van der Waals surface area contributed by atoms with Crippen LogP contribution in [0.4, 0.5) is 5.69 Å². The van der Waals surface area contributed by atoms with Crippen molar-refractivity contribution in [3.05, 3.63) is 23.8 Å². The highest BCUT2D eigenvalue weighted by atomic mass is 16.5. The number of methoxy groups -OCH3 is 1. The van der Waals surface area contributed by atoms with Crippen molar-refractivity contribution in [1.82, 2.24) is 0 Å². The van der Waals surface area contributed by atoms with Gasteiger partial charge in [0.2, 0.25) is 0 Å². The van der Waals surface area contributed by atoms with Crippen molar-refractivity contribution >= 4 is 11.7 Å². The molecule has 1 aliphatic heterocycles. The van der Waals surface area contributed by atoms with Crippen LogP contribution >= 0.6 is 0 Å². The lowest BCUT2D eigenvalue weighted by Crippen LogP contribution is -2.44. The first kappa shape index (κ1) is 12.7. The smallest absolute Gasteiger partial charge is 0.337 e. The summed E-state index contributed by atoms with van der Waals surface area (Å²) in [4.78, 5) is 13.3. The van der Waals surface area contributed by atoms with Gasteiger partial charge >= 0.3 is 5.97 Å². The molecular formula is C13H17NO4. The molecule has 98 valence electrons. The van der Waals surface area contributed by atoms with Crippen molar-refractivity contribution < 1.29 is 19.4 Å². The molecule has 0 bridgehead atoms. The molecule has 0 radical (unpaired) electrons. The SMILES string of the molecule is COc1ccc(C(=O)O)c(N2CCOCC2C)c1. The first-order chi connectivity index (χ1) is 8.63. The Morgan fingerprint density at radius 1 is 1.56 bits per heavy atom. The number of ether oxygens (including phenoxy) is 2. The molecule has 0 saturated carbocycles. The molecule has 1 aromatic rings. The Kier molecular flexibility index (Phi) is 3.72. The molecule has 1 fully saturated rings. The number of benzene rings is 1. The largest absolute Gasteiger partial charge is 0.497 e. The number of carboxylic acid groups (broad SMARTS) is 1. The van der Waals surface area contributed by atoms with Crippen LogP contribution in [0, 0.1) is 0 Å². The first-order valence-electron chi connectivity index (χ1n) is 5.89. The molecule has 0 aromatic heterocycles. The number of carbonyl (C=O) groups is 1. The van der Waals surface area contributed by atoms with Crippen LogP contribution in [0.2, 0.25) is 0 Å². The lowest BCUT2D eigenvalue weighted by Gasteiger charge is -2.36. The van der Waals surface area contributed by atoms with Gasteiger partial charge in [0.25, 0.3) is 0 Å². The lowest BCUT2D eigenvalue weighted by atomic mass is 10.1. The Labute approximate surface area is 106 Å². The molecule has 0 spiro atoms. The van der Waals surface area contributed by atoms with Crippen LogP contribution in [-0.4, -0.2) is 44.0 Å². The molecule has 5 nitrogen and oxygen atoms in total. The Morgan fingerprint density at radius 3 is 2.94 bits per heavy atom. The van der Waals surface area contributed by atoms with Crippen LogP contribution in [-0.2, 0) is 4.74 Å². The molecule has 1 atom stereocenters. The highest BCUT2D eigenvalue weighted by Crippen LogP contribution is 2.28. The van der Waals surface area contributed by atoms with Crippen LogP contribution in [0.25, 0.3) is 0 Å². The van der Waals surface area contributed by atoms with Gasteiger partial charge in [-0.15, -0.1) is 0 Å². The van der Waals surface area contributed by atoms with Crippen LogP contribution in [0.3, 0.4) is 0 Å². The Bertz CT molecular complexity index is 447. The van der Waals surface area contributed by atoms with Crippen molar-refractivity contribution in [2.45, 2.75) is 13.0 Å². The van der Waals surface area contributed by atoms with E-state index in [1.54, 1.807) is 25.3 Å². The van der Waals surface area contributed by atoms with Gasteiger partial charge in [0.15, 0.2) is 0 Å². The van der Waals surface area contributed by atoms with Crippen molar-refractivity contribution in [1.29, 1.82) is 0 Å². The van der Waals surface area contributed by atoms with Gasteiger partial charge in [0, 0.05) is 18.7 Å². The number of hydrogen-bond donors (Lipinski definition) is 1. The fourth-order valence-electron chi connectivity index (χ4n) is 2.14. The van der Waals surface area contributed by atoms with Crippen LogP contribution < -0.4 is 9.64 Å². The van der Waals surface area contributed by atoms with Crippen molar-refractivity contribution in [3.8, 4) is 5.75 Å². The zero-order chi connectivity index (χ0) is 13.1. The summed E-state index contributed by atoms with van der Waals surface area (Å²) in [5.41, 5.74) is 0.988. The molecule has 18 heavy (non-hydrogen) atoms. The van der Waals surface area contributed by atoms with E-state index in [0.29, 0.717) is 36.8 Å². The average Bonchev–Trinajstić information content (AvgIpc) is 2.38. The van der Waals surface area contributed by atoms with Gasteiger partial charge in [-0.1, -0.05) is 0 Å². The molecule has 0 amide bonds. The van der Waals surface area contributed by atoms with Gasteiger partial charge in [-0.3, -0.25) is 0 Å². The molecular weight excluding hydrogens is 234 g/mol. The zero-order valence-corrected chi connectivity index (χ0v) is 10.5. The number of nitrogens with zero attached hydrogens (tertiary/aromatic N) is 1. The zero-order valence-electron chi connectivity index (χ0n) is 10.5. The molecule has 0 aliphatic carbocycles. The predicted octanol–water partition coefficient (Wildman–Crippen LogP) is 1.62. The first-order valence-corrected chi connectivity index (χ1v) is 5.89. The average molecular weight is 251 g/mol. The summed E-state index contributed by atoms with van der Waals surface area (Å²) in [7, 11) is 1.57. The number of aromatic carboxylic acids is 1. The minimum Gasteiger partial charge on any atom is -0.497 e. The number of rotatable bonds is 3. The lowest BCUT2D eigenvalue weighted by molar-refractivity contribution is 0.0695. The number of anilines is 1. The van der Waals surface area contributed by atoms with Gasteiger partial charge in [0.1, 0.15) is 5.75 Å². The van der Waals surface area contributed by atoms with E-state index in [2.05, 4.69) is 4.90 Å². The summed E-state index contributed by atoms with van der Waals surface area (Å²) < 4.78 is 10.5. The number of morpholine rings is 1. The highest BCUT2D eigenvalue weighted by molar-refractivity contribution is 5.95. The summed E-state index contributed by atoms with van der Waals surface area (Å²) in [6.07, 6.45) is 0. The van der Waals surface area contributed by atoms with Gasteiger partial charge < -0.3 is 19.5 Å². The maximum Gasteiger partial charge on any atom is 0.337 e. The predicted molar refractivity (Wildman–Crippen MR) is 67.6 cm³/mol. The summed E-state index contributed by atoms with van der Waals surface area (Å²) in [5.74, 6) is -0.264. The second-order valence-corrected chi connectivity index (χ2v) is 4.31. The summed E-state index contributed by atoms with van der Waals surface area (Å²) >= 11 is 0. The van der Waals surface area contributed by atoms with Crippen molar-refractivity contribution in [2.75, 3.05) is 31.8 Å². The molecule has 1 aliphatic rings. The van der Waals surface area contributed by atoms with Crippen LogP contribution in [0.15, 0.2) is 18.2 Å². The van der Waals surface area contributed by atoms with Gasteiger partial charge in [0.05, 0.1) is 31.6 Å². The minimum atomic E-state index is -0.925. The van der Waals surface area contributed by atoms with E-state index >= 15 is 0 Å². The summed E-state index contributed by atoms with van der Waals surface area (Å²) in [6, 6.07) is 5.17. The van der Waals surface area contributed by atoms with E-state index < -0.39 is 5.97 Å². The van der Waals surface area contributed by atoms with Gasteiger partial charge in [-0.05, 0) is 19.1 Å². The summed E-state index contributed by atoms with van der Waals surface area (Å²) in [5, 5.41) is 9.25. The number of carboxylic acids is 1. The van der Waals surface area contributed by atoms with Crippen LogP contribution in [0.1, 0.15) is 17.3 Å². The molecule has 1 heterocycles. The normalized spacial score (nSPS) is 19.7. The standard InChI is InChI=1S/C13H17NO4/c1-9-8-18-6-5-14(9)12-7-10(17-2)3-4-11(12)13(15)16/h3-4,7,9H,5-6,8H2,1-2H3,(H,15,16). The molecule has 1 saturated heterocycles. The quantitative estimate of drug-likeness (QED) is 0.884. The van der Waals surface area contributed by atoms with E-state index in [9.17, 15) is 9.90 Å². The molecule has 5 heteroatoms. The fourth-order valence-corrected chi connectivity index (χ4v) is 2.14. The third-order valence-corrected chi connectivity index (χ3v) is 3.11. The third-order valence-electron chi connectivity index (χ3n) is 3.11. The summed E-state index contributed by atoms with van der Waals surface area (Å²) in [6.45, 7) is 3.93. The van der Waals surface area contributed by atoms with E-state index in [4.69, 9.17) is 9.47 Å². The molecule has 2 rings (SSSR count). The van der Waals surface area contributed by atoms with Crippen molar-refractivity contribution in [3.63, 3.8) is 0 Å². The fraction of sp³-hybridized carbons (Fsp3) is 0.462. The Morgan fingerprint density at radius 2 is 2.33 bits per heavy atom. The maximum atomic E-state index is 11.3. The highest BCUT2D eigenvalue weighted by Gasteiger charge is 2.24. The Balaban J connectivity index is 2.42. The van der Waals surface area contributed by atoms with Gasteiger partial charge in [-0.2, -0.15) is 0 Å². The second-order valence-electron chi connectivity index (χ2n) is 4.31. The van der Waals surface area contributed by atoms with E-state index in [1.165, 1.54) is 0 Å². The molecule has 1 unspecified atom stereocenters. The maximum absolute atomic E-state index is 11.3. The molecule has 1 N–H and O–H groups in total. The van der Waals surface area contributed by atoms with E-state index in [0.717, 1.165) is 0 Å². The van der Waals surface area contributed by atoms with Crippen LogP contribution in [0.5, 0.6) is 5.75 Å². The second kappa shape index (κ2) is 5.27. The number of hydrogen-bond acceptors (Lipinski definition) is 4. The van der Waals surface area contributed by atoms with Gasteiger partial charge in [-0.25, -0.2) is 4.79 Å². The monoisotopic (exact) mass is 251 g/mol. The topological polar surface area (TPSA) is 59.0 Å². The minimum absolute atomic E-state index is 0.156.